The summed E-state index contributed by atoms with van der Waals surface area (Å²) in [6.45, 7) is 1.60. The highest BCUT2D eigenvalue weighted by atomic mass is 35.5. The first-order valence-corrected chi connectivity index (χ1v) is 6.13. The molecule has 0 bridgehead atoms. The molecule has 1 nitrogen and oxygen atoms in total. The fourth-order valence-corrected chi connectivity index (χ4v) is 2.18. The van der Waals surface area contributed by atoms with Crippen LogP contribution in [0.3, 0.4) is 0 Å². The highest BCUT2D eigenvalue weighted by molar-refractivity contribution is 6.33. The van der Waals surface area contributed by atoms with Crippen LogP contribution in [-0.4, -0.2) is 6.29 Å². The number of benzene rings is 2. The maximum atomic E-state index is 12.6. The molecule has 2 aromatic carbocycles. The topological polar surface area (TPSA) is 17.1 Å². The van der Waals surface area contributed by atoms with Crippen molar-refractivity contribution in [3.05, 3.63) is 58.1 Å². The van der Waals surface area contributed by atoms with E-state index in [4.69, 9.17) is 11.6 Å². The molecule has 0 N–H and O–H groups in total. The summed E-state index contributed by atoms with van der Waals surface area (Å²) >= 11 is 5.92. The SMILES string of the molecule is Cc1cc(C(F)(F)F)ccc1-c1ccc(C=O)c(Cl)c1. The van der Waals surface area contributed by atoms with Crippen molar-refractivity contribution in [1.29, 1.82) is 0 Å². The van der Waals surface area contributed by atoms with Crippen LogP contribution in [0.2, 0.25) is 5.02 Å². The molecule has 0 spiro atoms. The molecule has 0 saturated heterocycles. The Morgan fingerprint density at radius 2 is 1.80 bits per heavy atom. The van der Waals surface area contributed by atoms with Gasteiger partial charge in [-0.15, -0.1) is 0 Å². The van der Waals surface area contributed by atoms with Gasteiger partial charge in [0.25, 0.3) is 0 Å². The minimum atomic E-state index is -4.36. The molecule has 0 fully saturated rings. The molecular weight excluding hydrogens is 289 g/mol. The third-order valence-electron chi connectivity index (χ3n) is 2.99. The molecule has 0 heterocycles. The van der Waals surface area contributed by atoms with Crippen molar-refractivity contribution in [2.24, 2.45) is 0 Å². The van der Waals surface area contributed by atoms with Crippen LogP contribution in [0, 0.1) is 6.92 Å². The maximum absolute atomic E-state index is 12.6. The van der Waals surface area contributed by atoms with Crippen LogP contribution in [0.5, 0.6) is 0 Å². The van der Waals surface area contributed by atoms with Crippen molar-refractivity contribution in [1.82, 2.24) is 0 Å². The molecule has 0 amide bonds. The Hall–Kier alpha value is -1.81. The third-order valence-corrected chi connectivity index (χ3v) is 3.32. The van der Waals surface area contributed by atoms with Gasteiger partial charge in [-0.3, -0.25) is 4.79 Å². The van der Waals surface area contributed by atoms with Crippen molar-refractivity contribution in [3.63, 3.8) is 0 Å². The van der Waals surface area contributed by atoms with Crippen molar-refractivity contribution in [2.75, 3.05) is 0 Å². The number of carbonyl (C=O) groups excluding carboxylic acids is 1. The lowest BCUT2D eigenvalue weighted by molar-refractivity contribution is -0.137. The summed E-state index contributed by atoms with van der Waals surface area (Å²) in [5.74, 6) is 0. The summed E-state index contributed by atoms with van der Waals surface area (Å²) in [5, 5.41) is 0.275. The van der Waals surface area contributed by atoms with Gasteiger partial charge in [0.1, 0.15) is 0 Å². The normalized spacial score (nSPS) is 11.4. The quantitative estimate of drug-likeness (QED) is 0.701. The lowest BCUT2D eigenvalue weighted by Gasteiger charge is -2.12. The van der Waals surface area contributed by atoms with Gasteiger partial charge in [-0.1, -0.05) is 23.7 Å². The first-order chi connectivity index (χ1) is 9.32. The molecule has 5 heteroatoms. The predicted molar refractivity (Wildman–Crippen MR) is 72.0 cm³/mol. The van der Waals surface area contributed by atoms with Crippen LogP contribution in [0.25, 0.3) is 11.1 Å². The van der Waals surface area contributed by atoms with Gasteiger partial charge in [0.15, 0.2) is 6.29 Å². The average Bonchev–Trinajstić information content (AvgIpc) is 2.37. The van der Waals surface area contributed by atoms with Crippen LogP contribution in [-0.2, 0) is 6.18 Å². The fourth-order valence-electron chi connectivity index (χ4n) is 1.95. The summed E-state index contributed by atoms with van der Waals surface area (Å²) in [7, 11) is 0. The molecule has 0 aliphatic carbocycles. The number of aldehydes is 1. The summed E-state index contributed by atoms with van der Waals surface area (Å²) in [6.07, 6.45) is -3.73. The zero-order valence-electron chi connectivity index (χ0n) is 10.5. The highest BCUT2D eigenvalue weighted by Crippen LogP contribution is 2.34. The van der Waals surface area contributed by atoms with E-state index < -0.39 is 11.7 Å². The fraction of sp³-hybridized carbons (Fsp3) is 0.133. The lowest BCUT2D eigenvalue weighted by atomic mass is 9.97. The smallest absolute Gasteiger partial charge is 0.298 e. The number of aryl methyl sites for hydroxylation is 1. The Morgan fingerprint density at radius 1 is 1.10 bits per heavy atom. The highest BCUT2D eigenvalue weighted by Gasteiger charge is 2.30. The molecule has 2 aromatic rings. The van der Waals surface area contributed by atoms with E-state index >= 15 is 0 Å². The molecule has 104 valence electrons. The van der Waals surface area contributed by atoms with Crippen molar-refractivity contribution in [3.8, 4) is 11.1 Å². The summed E-state index contributed by atoms with van der Waals surface area (Å²) in [5.41, 5.74) is 1.48. The second-order valence-corrected chi connectivity index (χ2v) is 4.79. The summed E-state index contributed by atoms with van der Waals surface area (Å²) in [6, 6.07) is 8.30. The number of hydrogen-bond acceptors (Lipinski definition) is 1. The minimum Gasteiger partial charge on any atom is -0.298 e. The lowest BCUT2D eigenvalue weighted by Crippen LogP contribution is -2.05. The van der Waals surface area contributed by atoms with Crippen LogP contribution in [0.1, 0.15) is 21.5 Å². The third kappa shape index (κ3) is 2.85. The van der Waals surface area contributed by atoms with Gasteiger partial charge >= 0.3 is 6.18 Å². The Morgan fingerprint density at radius 3 is 2.30 bits per heavy atom. The predicted octanol–water partition coefficient (Wildman–Crippen LogP) is 5.15. The van der Waals surface area contributed by atoms with Gasteiger partial charge in [0, 0.05) is 5.56 Å². The van der Waals surface area contributed by atoms with E-state index in [1.165, 1.54) is 6.07 Å². The van der Waals surface area contributed by atoms with E-state index in [1.807, 2.05) is 0 Å². The average molecular weight is 299 g/mol. The van der Waals surface area contributed by atoms with Crippen LogP contribution in [0.4, 0.5) is 13.2 Å². The Kier molecular flexibility index (Phi) is 3.86. The Labute approximate surface area is 119 Å². The molecule has 0 saturated carbocycles. The number of rotatable bonds is 2. The maximum Gasteiger partial charge on any atom is 0.416 e. The van der Waals surface area contributed by atoms with E-state index in [9.17, 15) is 18.0 Å². The molecule has 20 heavy (non-hydrogen) atoms. The van der Waals surface area contributed by atoms with Gasteiger partial charge in [0.05, 0.1) is 10.6 Å². The molecular formula is C15H10ClF3O. The van der Waals surface area contributed by atoms with Gasteiger partial charge in [-0.05, 0) is 47.9 Å². The van der Waals surface area contributed by atoms with Crippen molar-refractivity contribution >= 4 is 17.9 Å². The molecule has 0 radical (unpaired) electrons. The van der Waals surface area contributed by atoms with Crippen LogP contribution < -0.4 is 0 Å². The molecule has 2 rings (SSSR count). The van der Waals surface area contributed by atoms with Gasteiger partial charge in [-0.25, -0.2) is 0 Å². The van der Waals surface area contributed by atoms with E-state index in [1.54, 1.807) is 25.1 Å². The van der Waals surface area contributed by atoms with E-state index in [0.717, 1.165) is 12.1 Å². The molecule has 0 aliphatic rings. The molecule has 0 aliphatic heterocycles. The van der Waals surface area contributed by atoms with Gasteiger partial charge in [-0.2, -0.15) is 13.2 Å². The molecule has 0 unspecified atom stereocenters. The van der Waals surface area contributed by atoms with Crippen LogP contribution in [0.15, 0.2) is 36.4 Å². The van der Waals surface area contributed by atoms with Gasteiger partial charge in [0.2, 0.25) is 0 Å². The van der Waals surface area contributed by atoms with Crippen molar-refractivity contribution < 1.29 is 18.0 Å². The summed E-state index contributed by atoms with van der Waals surface area (Å²) < 4.78 is 37.8. The number of alkyl halides is 3. The standard InChI is InChI=1S/C15H10ClF3O/c1-9-6-12(15(17,18)19)4-5-13(9)10-2-3-11(8-20)14(16)7-10/h2-8H,1H3. The first-order valence-electron chi connectivity index (χ1n) is 5.76. The van der Waals surface area contributed by atoms with E-state index in [-0.39, 0.29) is 5.02 Å². The number of halogens is 4. The zero-order chi connectivity index (χ0) is 14.9. The second-order valence-electron chi connectivity index (χ2n) is 4.38. The summed E-state index contributed by atoms with van der Waals surface area (Å²) in [4.78, 5) is 10.7. The second kappa shape index (κ2) is 5.29. The largest absolute Gasteiger partial charge is 0.416 e. The van der Waals surface area contributed by atoms with E-state index in [2.05, 4.69) is 0 Å². The first kappa shape index (κ1) is 14.6. The Bertz CT molecular complexity index is 663. The number of carbonyl (C=O) groups is 1. The molecule has 0 aromatic heterocycles. The number of hydrogen-bond donors (Lipinski definition) is 0. The minimum absolute atomic E-state index is 0.275. The van der Waals surface area contributed by atoms with E-state index in [0.29, 0.717) is 28.5 Å². The molecule has 0 atom stereocenters. The van der Waals surface area contributed by atoms with Crippen LogP contribution >= 0.6 is 11.6 Å². The van der Waals surface area contributed by atoms with Crippen molar-refractivity contribution in [2.45, 2.75) is 13.1 Å². The zero-order valence-corrected chi connectivity index (χ0v) is 11.2. The monoisotopic (exact) mass is 298 g/mol. The Balaban J connectivity index is 2.49. The van der Waals surface area contributed by atoms with Gasteiger partial charge < -0.3 is 0 Å².